The summed E-state index contributed by atoms with van der Waals surface area (Å²) in [6.45, 7) is 0. The Bertz CT molecular complexity index is 3880. The van der Waals surface area contributed by atoms with Crippen LogP contribution in [0.2, 0.25) is 0 Å². The van der Waals surface area contributed by atoms with E-state index in [0.717, 1.165) is 77.8 Å². The van der Waals surface area contributed by atoms with Gasteiger partial charge in [-0.25, -0.2) is 9.97 Å². The van der Waals surface area contributed by atoms with Gasteiger partial charge in [0, 0.05) is 55.1 Å². The predicted octanol–water partition coefficient (Wildman–Crippen LogP) is 14.8. The third kappa shape index (κ3) is 5.50. The Balaban J connectivity index is 1.06. The third-order valence-corrected chi connectivity index (χ3v) is 12.6. The smallest absolute Gasteiger partial charge is 0.162 e. The van der Waals surface area contributed by atoms with Crippen LogP contribution in [0.3, 0.4) is 0 Å². The summed E-state index contributed by atoms with van der Waals surface area (Å²) in [5.74, 6) is 0.681. The molecule has 0 saturated carbocycles. The van der Waals surface area contributed by atoms with E-state index < -0.39 is 0 Å². The van der Waals surface area contributed by atoms with Gasteiger partial charge in [0.1, 0.15) is 5.65 Å². The molecular weight excluding hydrogens is 767 g/mol. The van der Waals surface area contributed by atoms with Gasteiger partial charge in [-0.1, -0.05) is 133 Å². The van der Waals surface area contributed by atoms with Gasteiger partial charge in [0.05, 0.1) is 38.7 Å². The van der Waals surface area contributed by atoms with E-state index in [2.05, 4.69) is 238 Å². The first-order valence-corrected chi connectivity index (χ1v) is 21.4. The summed E-state index contributed by atoms with van der Waals surface area (Å²) in [6, 6.07) is 80.1. The van der Waals surface area contributed by atoms with Crippen LogP contribution in [0.25, 0.3) is 116 Å². The Kier molecular flexibility index (Phi) is 7.84. The van der Waals surface area contributed by atoms with Crippen LogP contribution in [0.4, 0.5) is 0 Å². The summed E-state index contributed by atoms with van der Waals surface area (Å²) in [7, 11) is 0. The fourth-order valence-electron chi connectivity index (χ4n) is 9.83. The van der Waals surface area contributed by atoms with E-state index in [9.17, 15) is 0 Å². The van der Waals surface area contributed by atoms with Crippen molar-refractivity contribution in [1.29, 1.82) is 0 Å². The predicted molar refractivity (Wildman–Crippen MR) is 261 cm³/mol. The quantitative estimate of drug-likeness (QED) is 0.168. The van der Waals surface area contributed by atoms with E-state index >= 15 is 0 Å². The van der Waals surface area contributed by atoms with E-state index in [1.54, 1.807) is 0 Å². The van der Waals surface area contributed by atoms with Gasteiger partial charge in [0.2, 0.25) is 0 Å². The lowest BCUT2D eigenvalue weighted by molar-refractivity contribution is 1.11. The number of benzene rings is 9. The molecule has 4 aromatic heterocycles. The van der Waals surface area contributed by atoms with Crippen molar-refractivity contribution in [3.05, 3.63) is 224 Å². The molecule has 294 valence electrons. The molecule has 9 aromatic carbocycles. The highest BCUT2D eigenvalue weighted by atomic mass is 15.1. The van der Waals surface area contributed by atoms with Crippen LogP contribution in [0.15, 0.2) is 224 Å². The highest BCUT2D eigenvalue weighted by molar-refractivity contribution is 6.16. The number of rotatable bonds is 6. The van der Waals surface area contributed by atoms with Gasteiger partial charge in [0.25, 0.3) is 0 Å². The lowest BCUT2D eigenvalue weighted by Gasteiger charge is -2.11. The average Bonchev–Trinajstić information content (AvgIpc) is 3.99. The van der Waals surface area contributed by atoms with Crippen LogP contribution in [-0.4, -0.2) is 23.7 Å². The van der Waals surface area contributed by atoms with Crippen LogP contribution in [-0.2, 0) is 0 Å². The second kappa shape index (κ2) is 14.0. The van der Waals surface area contributed by atoms with Crippen molar-refractivity contribution in [1.82, 2.24) is 23.7 Å². The highest BCUT2D eigenvalue weighted by Gasteiger charge is 2.23. The first-order chi connectivity index (χ1) is 31.3. The molecule has 0 saturated heterocycles. The van der Waals surface area contributed by atoms with Crippen LogP contribution >= 0.6 is 0 Å². The Labute approximate surface area is 363 Å². The van der Waals surface area contributed by atoms with E-state index in [1.807, 2.05) is 0 Å². The Morgan fingerprint density at radius 1 is 0.270 bits per heavy atom. The van der Waals surface area contributed by atoms with E-state index in [-0.39, 0.29) is 0 Å². The van der Waals surface area contributed by atoms with Crippen molar-refractivity contribution in [3.63, 3.8) is 0 Å². The van der Waals surface area contributed by atoms with Crippen molar-refractivity contribution in [3.8, 4) is 50.8 Å². The van der Waals surface area contributed by atoms with Crippen LogP contribution in [0.5, 0.6) is 0 Å². The van der Waals surface area contributed by atoms with Crippen molar-refractivity contribution < 1.29 is 0 Å². The number of hydrogen-bond acceptors (Lipinski definition) is 2. The van der Waals surface area contributed by atoms with Gasteiger partial charge in [0.15, 0.2) is 5.82 Å². The van der Waals surface area contributed by atoms with E-state index in [4.69, 9.17) is 9.97 Å². The SMILES string of the molecule is c1ccc(-c2nc(-c3ccc4c(c3)c3ccccc3n4-c3ccccc3)nc3c2c2cc(-c4ccc5c(c4)c4ccccc4n5-c4ccccc4)ccc2n3-c2ccccc2)cc1. The molecule has 0 aliphatic carbocycles. The Hall–Kier alpha value is -8.54. The van der Waals surface area contributed by atoms with Gasteiger partial charge >= 0.3 is 0 Å². The summed E-state index contributed by atoms with van der Waals surface area (Å²) in [5, 5.41) is 6.93. The highest BCUT2D eigenvalue weighted by Crippen LogP contribution is 2.42. The molecule has 4 heterocycles. The summed E-state index contributed by atoms with van der Waals surface area (Å²) in [4.78, 5) is 11.1. The van der Waals surface area contributed by atoms with Crippen LogP contribution in [0.1, 0.15) is 0 Å². The van der Waals surface area contributed by atoms with Gasteiger partial charge in [-0.05, 0) is 102 Å². The number of hydrogen-bond donors (Lipinski definition) is 0. The second-order valence-corrected chi connectivity index (χ2v) is 16.2. The molecule has 0 spiro atoms. The van der Waals surface area contributed by atoms with Crippen molar-refractivity contribution >= 4 is 65.5 Å². The van der Waals surface area contributed by atoms with Crippen LogP contribution in [0, 0.1) is 0 Å². The molecule has 0 aliphatic rings. The minimum Gasteiger partial charge on any atom is -0.309 e. The van der Waals surface area contributed by atoms with Crippen molar-refractivity contribution in [2.24, 2.45) is 0 Å². The summed E-state index contributed by atoms with van der Waals surface area (Å²) in [5.41, 5.74) is 15.2. The summed E-state index contributed by atoms with van der Waals surface area (Å²) < 4.78 is 7.02. The normalized spacial score (nSPS) is 11.8. The summed E-state index contributed by atoms with van der Waals surface area (Å²) in [6.07, 6.45) is 0. The topological polar surface area (TPSA) is 40.6 Å². The van der Waals surface area contributed by atoms with Gasteiger partial charge in [-0.15, -0.1) is 0 Å². The Morgan fingerprint density at radius 3 is 1.21 bits per heavy atom. The van der Waals surface area contributed by atoms with Crippen LogP contribution < -0.4 is 0 Å². The number of para-hydroxylation sites is 5. The lowest BCUT2D eigenvalue weighted by Crippen LogP contribution is -1.99. The molecule has 5 nitrogen and oxygen atoms in total. The van der Waals surface area contributed by atoms with E-state index in [0.29, 0.717) is 5.82 Å². The molecule has 63 heavy (non-hydrogen) atoms. The first-order valence-electron chi connectivity index (χ1n) is 21.4. The molecule has 0 aliphatic heterocycles. The molecule has 13 rings (SSSR count). The molecule has 0 N–H and O–H groups in total. The monoisotopic (exact) mass is 803 g/mol. The Morgan fingerprint density at radius 2 is 0.667 bits per heavy atom. The number of aromatic nitrogens is 5. The number of fused-ring (bicyclic) bond motifs is 9. The molecule has 0 bridgehead atoms. The lowest BCUT2D eigenvalue weighted by atomic mass is 9.99. The van der Waals surface area contributed by atoms with Gasteiger partial charge in [-0.2, -0.15) is 0 Å². The second-order valence-electron chi connectivity index (χ2n) is 16.2. The van der Waals surface area contributed by atoms with E-state index in [1.165, 1.54) is 32.7 Å². The minimum atomic E-state index is 0.681. The standard InChI is InChI=1S/C58H37N5/c1-5-17-38(18-6-1)56-55-49-36-40(39-29-32-52-47(35-39)45-25-13-15-27-50(45)61(52)42-19-7-2-8-20-42)30-33-54(49)63(44-23-11-4-12-24-44)58(55)60-57(59-56)41-31-34-53-48(37-41)46-26-14-16-28-51(46)62(53)43-21-9-3-10-22-43/h1-37H. The molecule has 0 unspecified atom stereocenters. The average molecular weight is 804 g/mol. The fraction of sp³-hybridized carbons (Fsp3) is 0. The van der Waals surface area contributed by atoms with Gasteiger partial charge in [-0.3, -0.25) is 4.57 Å². The fourth-order valence-corrected chi connectivity index (χ4v) is 9.83. The van der Waals surface area contributed by atoms with Gasteiger partial charge < -0.3 is 9.13 Å². The summed E-state index contributed by atoms with van der Waals surface area (Å²) >= 11 is 0. The molecule has 0 amide bonds. The third-order valence-electron chi connectivity index (χ3n) is 12.6. The largest absolute Gasteiger partial charge is 0.309 e. The zero-order valence-electron chi connectivity index (χ0n) is 34.1. The zero-order valence-corrected chi connectivity index (χ0v) is 34.1. The zero-order chi connectivity index (χ0) is 41.4. The maximum Gasteiger partial charge on any atom is 0.162 e. The maximum atomic E-state index is 5.55. The van der Waals surface area contributed by atoms with Crippen molar-refractivity contribution in [2.45, 2.75) is 0 Å². The maximum absolute atomic E-state index is 5.55. The number of nitrogens with zero attached hydrogens (tertiary/aromatic N) is 5. The molecule has 0 radical (unpaired) electrons. The first kappa shape index (κ1) is 35.2. The molecule has 13 aromatic rings. The van der Waals surface area contributed by atoms with Crippen molar-refractivity contribution in [2.75, 3.05) is 0 Å². The molecule has 0 fully saturated rings. The molecule has 5 heteroatoms. The molecular formula is C58H37N5. The molecule has 0 atom stereocenters. The minimum absolute atomic E-state index is 0.681.